The van der Waals surface area contributed by atoms with Gasteiger partial charge in [0.15, 0.2) is 11.5 Å². The van der Waals surface area contributed by atoms with E-state index >= 15 is 0 Å². The van der Waals surface area contributed by atoms with Crippen LogP contribution in [0.25, 0.3) is 10.4 Å². The Morgan fingerprint density at radius 1 is 0.889 bits per heavy atom. The van der Waals surface area contributed by atoms with E-state index in [0.717, 1.165) is 84.1 Å². The lowest BCUT2D eigenvalue weighted by atomic mass is 10.0. The van der Waals surface area contributed by atoms with Crippen molar-refractivity contribution < 1.29 is 19.3 Å². The molecule has 1 saturated heterocycles. The molecule has 0 amide bonds. The molecule has 1 aliphatic heterocycles. The average Bonchev–Trinajstić information content (AvgIpc) is 3.26. The number of nitrogens with zero attached hydrogens (tertiary/aromatic N) is 2. The van der Waals surface area contributed by atoms with Crippen LogP contribution in [0, 0.1) is 3.82 Å². The Morgan fingerprint density at radius 3 is 2.19 bits per heavy atom. The van der Waals surface area contributed by atoms with Crippen molar-refractivity contribution in [2.75, 3.05) is 47.5 Å². The third-order valence-corrected chi connectivity index (χ3v) is 9.77. The van der Waals surface area contributed by atoms with Gasteiger partial charge in [-0.3, -0.25) is 9.80 Å². The Morgan fingerprint density at radius 2 is 1.58 bits per heavy atom. The monoisotopic (exact) mass is 546 g/mol. The molecule has 36 heavy (non-hydrogen) atoms. The van der Waals surface area contributed by atoms with Crippen molar-refractivity contribution in [3.05, 3.63) is 50.8 Å². The minimum Gasteiger partial charge on any atom is -0.508 e. The summed E-state index contributed by atoms with van der Waals surface area (Å²) < 4.78 is 17.6. The van der Waals surface area contributed by atoms with Gasteiger partial charge in [0.25, 0.3) is 0 Å². The first-order valence-corrected chi connectivity index (χ1v) is 14.7. The number of piperazine rings is 1. The van der Waals surface area contributed by atoms with Gasteiger partial charge in [0.05, 0.1) is 26.2 Å². The van der Waals surface area contributed by atoms with E-state index in [0.29, 0.717) is 11.5 Å². The Kier molecular flexibility index (Phi) is 9.25. The first-order valence-electron chi connectivity index (χ1n) is 12.1. The molecule has 3 aromatic rings. The van der Waals surface area contributed by atoms with Crippen LogP contribution in [0.1, 0.15) is 30.0 Å². The van der Waals surface area contributed by atoms with Gasteiger partial charge in [0.2, 0.25) is 0 Å². The van der Waals surface area contributed by atoms with E-state index in [1.165, 1.54) is 10.4 Å². The lowest BCUT2D eigenvalue weighted by Crippen LogP contribution is -2.45. The summed E-state index contributed by atoms with van der Waals surface area (Å²) in [5.41, 5.74) is 4.44. The summed E-state index contributed by atoms with van der Waals surface area (Å²) in [4.78, 5) is 6.07. The molecule has 6 nitrogen and oxygen atoms in total. The second kappa shape index (κ2) is 12.4. The molecular weight excluding hydrogens is 513 g/mol. The Bertz CT molecular complexity index is 1230. The molecule has 0 saturated carbocycles. The molecule has 0 unspecified atom stereocenters. The molecule has 9 heteroatoms. The molecule has 0 atom stereocenters. The summed E-state index contributed by atoms with van der Waals surface area (Å²) in [6.07, 6.45) is 2.07. The molecule has 1 fully saturated rings. The number of methoxy groups -OCH3 is 3. The van der Waals surface area contributed by atoms with Crippen LogP contribution in [-0.2, 0) is 19.5 Å². The predicted octanol–water partition coefficient (Wildman–Crippen LogP) is 6.21. The molecule has 1 aliphatic rings. The first kappa shape index (κ1) is 26.9. The lowest BCUT2D eigenvalue weighted by molar-refractivity contribution is 0.120. The van der Waals surface area contributed by atoms with Crippen molar-refractivity contribution in [3.63, 3.8) is 0 Å². The molecule has 0 aliphatic carbocycles. The summed E-state index contributed by atoms with van der Waals surface area (Å²) in [7, 11) is 8.39. The molecule has 4 rings (SSSR count). The topological polar surface area (TPSA) is 54.4 Å². The van der Waals surface area contributed by atoms with Gasteiger partial charge >= 0.3 is 0 Å². The fraction of sp³-hybridized carbons (Fsp3) is 0.444. The van der Waals surface area contributed by atoms with Gasteiger partial charge in [-0.15, -0.1) is 0 Å². The smallest absolute Gasteiger partial charge is 0.165 e. The second-order valence-electron chi connectivity index (χ2n) is 8.93. The molecule has 0 spiro atoms. The molecule has 0 radical (unpaired) electrons. The standard InChI is InChI=1S/C27H34N2O4S3/c1-5-6-22-26(35-36-27(22)34)18-7-8-23(30)19(13-18)16-28-9-11-29(12-10-28)17-20-14-21(31-2)15-24(32-3)25(20)33-4/h7-8,13-15,30H,5-6,9-12,16-17H2,1-4H3. The number of hydrogen-bond acceptors (Lipinski definition) is 9. The largest absolute Gasteiger partial charge is 0.508 e. The number of ether oxygens (including phenoxy) is 3. The fourth-order valence-corrected chi connectivity index (χ4v) is 7.65. The lowest BCUT2D eigenvalue weighted by Gasteiger charge is -2.35. The van der Waals surface area contributed by atoms with Crippen molar-refractivity contribution in [2.45, 2.75) is 32.9 Å². The Hall–Kier alpha value is -2.17. The number of phenols is 1. The number of aromatic hydroxyl groups is 1. The van der Waals surface area contributed by atoms with E-state index in [9.17, 15) is 5.11 Å². The van der Waals surface area contributed by atoms with Crippen LogP contribution in [0.2, 0.25) is 0 Å². The van der Waals surface area contributed by atoms with E-state index < -0.39 is 0 Å². The van der Waals surface area contributed by atoms with Crippen molar-refractivity contribution in [1.82, 2.24) is 9.80 Å². The summed E-state index contributed by atoms with van der Waals surface area (Å²) in [6, 6.07) is 9.84. The van der Waals surface area contributed by atoms with Gasteiger partial charge in [-0.1, -0.05) is 46.2 Å². The number of benzene rings is 2. The van der Waals surface area contributed by atoms with Crippen molar-refractivity contribution >= 4 is 32.9 Å². The molecule has 194 valence electrons. The normalized spacial score (nSPS) is 14.7. The van der Waals surface area contributed by atoms with Gasteiger partial charge in [0, 0.05) is 56.5 Å². The zero-order valence-electron chi connectivity index (χ0n) is 21.3. The highest BCUT2D eigenvalue weighted by molar-refractivity contribution is 7.80. The van der Waals surface area contributed by atoms with Crippen LogP contribution in [0.3, 0.4) is 0 Å². The molecule has 1 N–H and O–H groups in total. The first-order chi connectivity index (χ1) is 17.5. The quantitative estimate of drug-likeness (QED) is 0.240. The highest BCUT2D eigenvalue weighted by atomic mass is 32.9. The molecule has 2 aromatic carbocycles. The molecule has 0 bridgehead atoms. The molecule has 1 aromatic heterocycles. The second-order valence-corrected chi connectivity index (χ2v) is 11.7. The van der Waals surface area contributed by atoms with Gasteiger partial charge < -0.3 is 19.3 Å². The van der Waals surface area contributed by atoms with Crippen molar-refractivity contribution in [2.24, 2.45) is 0 Å². The van der Waals surface area contributed by atoms with E-state index in [1.54, 1.807) is 42.0 Å². The Balaban J connectivity index is 1.43. The number of hydrogen-bond donors (Lipinski definition) is 1. The zero-order valence-corrected chi connectivity index (χ0v) is 23.8. The molecule has 2 heterocycles. The maximum Gasteiger partial charge on any atom is 0.165 e. The fourth-order valence-electron chi connectivity index (χ4n) is 4.65. The van der Waals surface area contributed by atoms with Crippen LogP contribution in [-0.4, -0.2) is 62.4 Å². The summed E-state index contributed by atoms with van der Waals surface area (Å²) in [5.74, 6) is 2.54. The van der Waals surface area contributed by atoms with Crippen LogP contribution in [0.5, 0.6) is 23.0 Å². The van der Waals surface area contributed by atoms with Gasteiger partial charge in [-0.25, -0.2) is 0 Å². The zero-order chi connectivity index (χ0) is 25.7. The van der Waals surface area contributed by atoms with Crippen LogP contribution >= 0.6 is 32.9 Å². The average molecular weight is 547 g/mol. The van der Waals surface area contributed by atoms with E-state index in [1.807, 2.05) is 24.3 Å². The molecular formula is C27H34N2O4S3. The minimum atomic E-state index is 0.352. The number of phenolic OH excluding ortho intramolecular Hbond substituents is 1. The van der Waals surface area contributed by atoms with E-state index in [4.69, 9.17) is 26.4 Å². The Labute approximate surface area is 226 Å². The van der Waals surface area contributed by atoms with Gasteiger partial charge in [-0.05, 0) is 41.8 Å². The van der Waals surface area contributed by atoms with Gasteiger partial charge in [-0.2, -0.15) is 0 Å². The van der Waals surface area contributed by atoms with E-state index in [2.05, 4.69) is 22.8 Å². The number of rotatable bonds is 10. The maximum absolute atomic E-state index is 10.6. The van der Waals surface area contributed by atoms with Gasteiger partial charge in [0.1, 0.15) is 15.3 Å². The van der Waals surface area contributed by atoms with E-state index in [-0.39, 0.29) is 0 Å². The highest BCUT2D eigenvalue weighted by Crippen LogP contribution is 2.38. The highest BCUT2D eigenvalue weighted by Gasteiger charge is 2.22. The van der Waals surface area contributed by atoms with Crippen LogP contribution in [0.15, 0.2) is 30.3 Å². The third-order valence-electron chi connectivity index (χ3n) is 6.58. The summed E-state index contributed by atoms with van der Waals surface area (Å²) >= 11 is 5.57. The van der Waals surface area contributed by atoms with Crippen LogP contribution < -0.4 is 14.2 Å². The van der Waals surface area contributed by atoms with Crippen LogP contribution in [0.4, 0.5) is 0 Å². The minimum absolute atomic E-state index is 0.352. The van der Waals surface area contributed by atoms with Crippen molar-refractivity contribution in [3.8, 4) is 33.4 Å². The predicted molar refractivity (Wildman–Crippen MR) is 151 cm³/mol. The van der Waals surface area contributed by atoms with Crippen molar-refractivity contribution in [1.29, 1.82) is 0 Å². The third kappa shape index (κ3) is 6.03. The summed E-state index contributed by atoms with van der Waals surface area (Å²) in [5, 5.41) is 10.6. The maximum atomic E-state index is 10.6. The summed E-state index contributed by atoms with van der Waals surface area (Å²) in [6.45, 7) is 7.36. The SMILES string of the molecule is CCCc1c(-c2ccc(O)c(CN3CCN(Cc4cc(OC)cc(OC)c4OC)CC3)c2)ssc1=S.